The zero-order valence-electron chi connectivity index (χ0n) is 18.5. The lowest BCUT2D eigenvalue weighted by molar-refractivity contribution is -0.385. The number of carbonyl (C=O) groups excluding carboxylic acids is 3. The molecule has 0 unspecified atom stereocenters. The molecule has 2 aromatic carbocycles. The second-order valence-electron chi connectivity index (χ2n) is 7.74. The number of halogens is 1. The van der Waals surface area contributed by atoms with E-state index in [0.29, 0.717) is 39.4 Å². The maximum atomic E-state index is 12.7. The quantitative estimate of drug-likeness (QED) is 0.252. The van der Waals surface area contributed by atoms with Crippen molar-refractivity contribution in [3.63, 3.8) is 0 Å². The van der Waals surface area contributed by atoms with E-state index in [0.717, 1.165) is 10.5 Å². The van der Waals surface area contributed by atoms with E-state index in [-0.39, 0.29) is 16.4 Å². The molecule has 1 aromatic heterocycles. The molecular formula is C24H18ClN3O6S. The van der Waals surface area contributed by atoms with Crippen molar-refractivity contribution >= 4 is 57.9 Å². The summed E-state index contributed by atoms with van der Waals surface area (Å²) >= 11 is 6.75. The Balaban J connectivity index is 1.47. The van der Waals surface area contributed by atoms with Crippen LogP contribution < -0.4 is 5.32 Å². The van der Waals surface area contributed by atoms with Crippen molar-refractivity contribution in [2.45, 2.75) is 13.8 Å². The molecule has 11 heteroatoms. The summed E-state index contributed by atoms with van der Waals surface area (Å²) in [5, 5.41) is 13.7. The number of hydrogen-bond donors (Lipinski definition) is 1. The number of rotatable bonds is 6. The Morgan fingerprint density at radius 1 is 1.14 bits per heavy atom. The minimum atomic E-state index is -0.624. The van der Waals surface area contributed by atoms with E-state index in [4.69, 9.17) is 16.0 Å². The summed E-state index contributed by atoms with van der Waals surface area (Å²) in [6.45, 7) is 3.01. The largest absolute Gasteiger partial charge is 0.457 e. The van der Waals surface area contributed by atoms with Crippen LogP contribution in [0.3, 0.4) is 0 Å². The van der Waals surface area contributed by atoms with E-state index in [1.807, 2.05) is 6.92 Å². The fourth-order valence-corrected chi connectivity index (χ4v) is 4.32. The van der Waals surface area contributed by atoms with Gasteiger partial charge in [-0.2, -0.15) is 0 Å². The van der Waals surface area contributed by atoms with Crippen molar-refractivity contribution in [2.75, 3.05) is 11.9 Å². The molecule has 1 saturated heterocycles. The van der Waals surface area contributed by atoms with Crippen molar-refractivity contribution < 1.29 is 23.7 Å². The van der Waals surface area contributed by atoms with Crippen LogP contribution in [0.4, 0.5) is 16.2 Å². The summed E-state index contributed by atoms with van der Waals surface area (Å²) in [6, 6.07) is 12.9. The number of anilines is 1. The number of furan rings is 1. The van der Waals surface area contributed by atoms with Gasteiger partial charge in [0.15, 0.2) is 0 Å². The second kappa shape index (κ2) is 9.77. The number of nitro benzene ring substituents is 1. The minimum Gasteiger partial charge on any atom is -0.457 e. The molecule has 35 heavy (non-hydrogen) atoms. The van der Waals surface area contributed by atoms with E-state index in [1.165, 1.54) is 12.1 Å². The van der Waals surface area contributed by atoms with Crippen LogP contribution in [0.2, 0.25) is 5.02 Å². The Bertz CT molecular complexity index is 1410. The molecule has 9 nitrogen and oxygen atoms in total. The molecular weight excluding hydrogens is 494 g/mol. The standard InChI is InChI=1S/C24H18ClN3O6S/c1-13-4-6-16(10-18(13)25)26-22(29)12-27-23(30)21(35-24(27)31)11-17-7-8-20(34-17)15-5-3-14(2)19(9-15)28(32)33/h3-11H,12H2,1-2H3,(H,26,29)/b21-11+. The summed E-state index contributed by atoms with van der Waals surface area (Å²) in [5.41, 5.74) is 2.29. The molecule has 1 aliphatic rings. The van der Waals surface area contributed by atoms with Gasteiger partial charge in [-0.15, -0.1) is 0 Å². The van der Waals surface area contributed by atoms with Gasteiger partial charge in [-0.25, -0.2) is 0 Å². The number of nitro groups is 1. The molecule has 1 aliphatic heterocycles. The van der Waals surface area contributed by atoms with Gasteiger partial charge in [0.2, 0.25) is 5.91 Å². The molecule has 3 aromatic rings. The number of amides is 3. The fraction of sp³-hybridized carbons (Fsp3) is 0.125. The smallest absolute Gasteiger partial charge is 0.294 e. The topological polar surface area (TPSA) is 123 Å². The average molecular weight is 512 g/mol. The van der Waals surface area contributed by atoms with E-state index >= 15 is 0 Å². The maximum absolute atomic E-state index is 12.7. The Labute approximate surface area is 208 Å². The normalized spacial score (nSPS) is 14.6. The molecule has 0 radical (unpaired) electrons. The highest BCUT2D eigenvalue weighted by Crippen LogP contribution is 2.34. The zero-order valence-corrected chi connectivity index (χ0v) is 20.1. The molecule has 3 amide bonds. The van der Waals surface area contributed by atoms with Crippen molar-refractivity contribution in [2.24, 2.45) is 0 Å². The lowest BCUT2D eigenvalue weighted by Gasteiger charge is -2.12. The lowest BCUT2D eigenvalue weighted by Crippen LogP contribution is -2.36. The molecule has 178 valence electrons. The summed E-state index contributed by atoms with van der Waals surface area (Å²) in [6.07, 6.45) is 1.40. The number of thioether (sulfide) groups is 1. The molecule has 0 atom stereocenters. The van der Waals surface area contributed by atoms with Gasteiger partial charge in [0, 0.05) is 34.0 Å². The molecule has 0 bridgehead atoms. The lowest BCUT2D eigenvalue weighted by atomic mass is 10.1. The predicted octanol–water partition coefficient (Wildman–Crippen LogP) is 5.80. The van der Waals surface area contributed by atoms with Crippen molar-refractivity contribution in [1.29, 1.82) is 0 Å². The fourth-order valence-electron chi connectivity index (χ4n) is 3.33. The summed E-state index contributed by atoms with van der Waals surface area (Å²) in [5.74, 6) is -0.516. The Kier molecular flexibility index (Phi) is 6.77. The van der Waals surface area contributed by atoms with E-state index in [1.54, 1.807) is 49.4 Å². The van der Waals surface area contributed by atoms with Crippen LogP contribution in [-0.2, 0) is 9.59 Å². The number of aryl methyl sites for hydroxylation is 2. The monoisotopic (exact) mass is 511 g/mol. The first kappa shape index (κ1) is 24.2. The summed E-state index contributed by atoms with van der Waals surface area (Å²) in [7, 11) is 0. The van der Waals surface area contributed by atoms with Crippen molar-refractivity contribution in [1.82, 2.24) is 4.90 Å². The van der Waals surface area contributed by atoms with Crippen LogP contribution >= 0.6 is 23.4 Å². The van der Waals surface area contributed by atoms with Gasteiger partial charge in [-0.05, 0) is 55.4 Å². The van der Waals surface area contributed by atoms with Crippen molar-refractivity contribution in [3.8, 4) is 11.3 Å². The summed E-state index contributed by atoms with van der Waals surface area (Å²) in [4.78, 5) is 49.2. The van der Waals surface area contributed by atoms with E-state index in [2.05, 4.69) is 5.32 Å². The maximum Gasteiger partial charge on any atom is 0.294 e. The molecule has 0 spiro atoms. The Morgan fingerprint density at radius 2 is 1.89 bits per heavy atom. The Morgan fingerprint density at radius 3 is 2.60 bits per heavy atom. The molecule has 0 saturated carbocycles. The van der Waals surface area contributed by atoms with Gasteiger partial charge in [0.25, 0.3) is 16.8 Å². The second-order valence-corrected chi connectivity index (χ2v) is 9.14. The number of nitrogens with one attached hydrogen (secondary N) is 1. The van der Waals surface area contributed by atoms with E-state index in [9.17, 15) is 24.5 Å². The number of nitrogens with zero attached hydrogens (tertiary/aromatic N) is 2. The van der Waals surface area contributed by atoms with Crippen LogP contribution in [0.5, 0.6) is 0 Å². The highest BCUT2D eigenvalue weighted by atomic mass is 35.5. The number of imide groups is 1. The molecule has 1 N–H and O–H groups in total. The third-order valence-corrected chi connectivity index (χ3v) is 6.54. The Hall–Kier alpha value is -3.89. The number of hydrogen-bond acceptors (Lipinski definition) is 7. The highest BCUT2D eigenvalue weighted by Gasteiger charge is 2.36. The molecule has 2 heterocycles. The number of benzene rings is 2. The van der Waals surface area contributed by atoms with Gasteiger partial charge in [-0.3, -0.25) is 29.4 Å². The van der Waals surface area contributed by atoms with Crippen LogP contribution in [0.15, 0.2) is 57.9 Å². The average Bonchev–Trinajstić information content (AvgIpc) is 3.37. The first-order chi connectivity index (χ1) is 16.6. The van der Waals surface area contributed by atoms with Crippen LogP contribution in [0.25, 0.3) is 17.4 Å². The number of carbonyl (C=O) groups is 3. The van der Waals surface area contributed by atoms with Crippen molar-refractivity contribution in [3.05, 3.63) is 85.5 Å². The third kappa shape index (κ3) is 5.28. The first-order valence-electron chi connectivity index (χ1n) is 10.3. The van der Waals surface area contributed by atoms with Crippen LogP contribution in [-0.4, -0.2) is 33.4 Å². The SMILES string of the molecule is Cc1ccc(NC(=O)CN2C(=O)S/C(=C/c3ccc(-c4ccc(C)c([N+](=O)[O-])c4)o3)C2=O)cc1Cl. The predicted molar refractivity (Wildman–Crippen MR) is 133 cm³/mol. The molecule has 4 rings (SSSR count). The van der Waals surface area contributed by atoms with Crippen LogP contribution in [0, 0.1) is 24.0 Å². The zero-order chi connectivity index (χ0) is 25.3. The van der Waals surface area contributed by atoms with E-state index < -0.39 is 28.5 Å². The third-order valence-electron chi connectivity index (χ3n) is 5.22. The van der Waals surface area contributed by atoms with Gasteiger partial charge in [0.05, 0.1) is 9.83 Å². The summed E-state index contributed by atoms with van der Waals surface area (Å²) < 4.78 is 5.72. The highest BCUT2D eigenvalue weighted by molar-refractivity contribution is 8.18. The minimum absolute atomic E-state index is 0.0345. The molecule has 0 aliphatic carbocycles. The van der Waals surface area contributed by atoms with Gasteiger partial charge in [0.1, 0.15) is 18.1 Å². The van der Waals surface area contributed by atoms with Gasteiger partial charge in [-0.1, -0.05) is 29.8 Å². The van der Waals surface area contributed by atoms with Crippen LogP contribution in [0.1, 0.15) is 16.9 Å². The molecule has 1 fully saturated rings. The first-order valence-corrected chi connectivity index (χ1v) is 11.5. The van der Waals surface area contributed by atoms with Gasteiger partial charge >= 0.3 is 0 Å². The van der Waals surface area contributed by atoms with Gasteiger partial charge < -0.3 is 9.73 Å².